The summed E-state index contributed by atoms with van der Waals surface area (Å²) in [6.07, 6.45) is 1.50. The summed E-state index contributed by atoms with van der Waals surface area (Å²) in [6.45, 7) is 2.01. The van der Waals surface area contributed by atoms with Crippen LogP contribution in [0.1, 0.15) is 28.8 Å². The average molecular weight is 387 g/mol. The van der Waals surface area contributed by atoms with E-state index in [1.807, 2.05) is 24.3 Å². The Bertz CT molecular complexity index is 882. The molecule has 0 bridgehead atoms. The van der Waals surface area contributed by atoms with Crippen molar-refractivity contribution < 1.29 is 19.1 Å². The number of carbonyl (C=O) groups is 2. The second kappa shape index (κ2) is 7.48. The summed E-state index contributed by atoms with van der Waals surface area (Å²) in [6, 6.07) is 10.9. The third-order valence-electron chi connectivity index (χ3n) is 4.63. The molecule has 0 atom stereocenters. The highest BCUT2D eigenvalue weighted by Gasteiger charge is 2.22. The molecule has 1 N–H and O–H groups in total. The standard InChI is InChI=1S/C20H19ClN2O4/c21-16-10-14(11-17-19(16)27-9-8-26-17)20(25)22-12-13-3-5-15(6-4-13)23-7-1-2-18(23)24/h3-6,10-11H,1-2,7-9,12H2,(H,22,25). The van der Waals surface area contributed by atoms with Crippen molar-refractivity contribution in [3.63, 3.8) is 0 Å². The van der Waals surface area contributed by atoms with E-state index in [9.17, 15) is 9.59 Å². The van der Waals surface area contributed by atoms with E-state index in [2.05, 4.69) is 5.32 Å². The highest BCUT2D eigenvalue weighted by Crippen LogP contribution is 2.38. The number of amides is 2. The molecule has 2 aromatic rings. The number of ether oxygens (including phenoxy) is 2. The lowest BCUT2D eigenvalue weighted by Crippen LogP contribution is -2.24. The van der Waals surface area contributed by atoms with Crippen LogP contribution in [0.5, 0.6) is 11.5 Å². The van der Waals surface area contributed by atoms with Crippen molar-refractivity contribution in [2.45, 2.75) is 19.4 Å². The van der Waals surface area contributed by atoms with Crippen LogP contribution in [-0.4, -0.2) is 31.6 Å². The maximum atomic E-state index is 12.5. The van der Waals surface area contributed by atoms with E-state index in [1.165, 1.54) is 0 Å². The van der Waals surface area contributed by atoms with Gasteiger partial charge in [-0.2, -0.15) is 0 Å². The number of anilines is 1. The number of rotatable bonds is 4. The van der Waals surface area contributed by atoms with Crippen molar-refractivity contribution in [3.05, 3.63) is 52.5 Å². The molecule has 0 unspecified atom stereocenters. The molecule has 0 radical (unpaired) electrons. The van der Waals surface area contributed by atoms with Gasteiger partial charge in [0.15, 0.2) is 11.5 Å². The second-order valence-corrected chi connectivity index (χ2v) is 6.89. The van der Waals surface area contributed by atoms with Crippen LogP contribution in [0.2, 0.25) is 5.02 Å². The van der Waals surface area contributed by atoms with Gasteiger partial charge in [0.25, 0.3) is 5.91 Å². The maximum absolute atomic E-state index is 12.5. The first-order chi connectivity index (χ1) is 13.1. The zero-order chi connectivity index (χ0) is 18.8. The van der Waals surface area contributed by atoms with Crippen LogP contribution in [0.15, 0.2) is 36.4 Å². The molecule has 2 heterocycles. The Labute approximate surface area is 162 Å². The minimum absolute atomic E-state index is 0.159. The number of hydrogen-bond acceptors (Lipinski definition) is 4. The average Bonchev–Trinajstić information content (AvgIpc) is 3.12. The molecule has 0 aliphatic carbocycles. The molecule has 2 aromatic carbocycles. The predicted molar refractivity (Wildman–Crippen MR) is 102 cm³/mol. The molecule has 0 saturated carbocycles. The Balaban J connectivity index is 1.40. The highest BCUT2D eigenvalue weighted by molar-refractivity contribution is 6.32. The molecule has 140 valence electrons. The van der Waals surface area contributed by atoms with E-state index >= 15 is 0 Å². The van der Waals surface area contributed by atoms with Gasteiger partial charge in [-0.15, -0.1) is 0 Å². The molecule has 27 heavy (non-hydrogen) atoms. The van der Waals surface area contributed by atoms with Crippen molar-refractivity contribution in [3.8, 4) is 11.5 Å². The van der Waals surface area contributed by atoms with Crippen LogP contribution in [0.4, 0.5) is 5.69 Å². The van der Waals surface area contributed by atoms with E-state index in [1.54, 1.807) is 17.0 Å². The summed E-state index contributed by atoms with van der Waals surface area (Å²) in [5.41, 5.74) is 2.26. The highest BCUT2D eigenvalue weighted by atomic mass is 35.5. The van der Waals surface area contributed by atoms with E-state index in [4.69, 9.17) is 21.1 Å². The Morgan fingerprint density at radius 3 is 2.67 bits per heavy atom. The minimum atomic E-state index is -0.243. The molecular weight excluding hydrogens is 368 g/mol. The SMILES string of the molecule is O=C(NCc1ccc(N2CCCC2=O)cc1)c1cc(Cl)c2c(c1)OCCO2. The van der Waals surface area contributed by atoms with Crippen LogP contribution in [0.3, 0.4) is 0 Å². The van der Waals surface area contributed by atoms with Gasteiger partial charge < -0.3 is 19.7 Å². The van der Waals surface area contributed by atoms with Crippen LogP contribution >= 0.6 is 11.6 Å². The van der Waals surface area contributed by atoms with E-state index in [-0.39, 0.29) is 11.8 Å². The second-order valence-electron chi connectivity index (χ2n) is 6.48. The Morgan fingerprint density at radius 2 is 1.93 bits per heavy atom. The van der Waals surface area contributed by atoms with Crippen molar-refractivity contribution in [1.29, 1.82) is 0 Å². The normalized spacial score (nSPS) is 15.7. The largest absolute Gasteiger partial charge is 0.486 e. The number of halogens is 1. The van der Waals surface area contributed by atoms with Crippen molar-refractivity contribution >= 4 is 29.1 Å². The molecule has 1 fully saturated rings. The number of hydrogen-bond donors (Lipinski definition) is 1. The minimum Gasteiger partial charge on any atom is -0.486 e. The summed E-state index contributed by atoms with van der Waals surface area (Å²) in [4.78, 5) is 26.0. The number of carbonyl (C=O) groups excluding carboxylic acids is 2. The van der Waals surface area contributed by atoms with Gasteiger partial charge in [-0.25, -0.2) is 0 Å². The smallest absolute Gasteiger partial charge is 0.251 e. The summed E-state index contributed by atoms with van der Waals surface area (Å²) in [7, 11) is 0. The molecular formula is C20H19ClN2O4. The quantitative estimate of drug-likeness (QED) is 0.876. The van der Waals surface area contributed by atoms with Crippen LogP contribution in [0, 0.1) is 0 Å². The predicted octanol–water partition coefficient (Wildman–Crippen LogP) is 3.17. The van der Waals surface area contributed by atoms with Gasteiger partial charge in [-0.1, -0.05) is 23.7 Å². The van der Waals surface area contributed by atoms with Gasteiger partial charge in [-0.3, -0.25) is 9.59 Å². The van der Waals surface area contributed by atoms with E-state index in [0.29, 0.717) is 48.3 Å². The van der Waals surface area contributed by atoms with Gasteiger partial charge >= 0.3 is 0 Å². The fourth-order valence-electron chi connectivity index (χ4n) is 3.24. The van der Waals surface area contributed by atoms with Crippen LogP contribution < -0.4 is 19.7 Å². The first kappa shape index (κ1) is 17.7. The van der Waals surface area contributed by atoms with Gasteiger partial charge in [-0.05, 0) is 36.2 Å². The first-order valence-corrected chi connectivity index (χ1v) is 9.26. The zero-order valence-electron chi connectivity index (χ0n) is 14.7. The molecule has 2 aliphatic heterocycles. The Hall–Kier alpha value is -2.73. The molecule has 4 rings (SSSR count). The van der Waals surface area contributed by atoms with Crippen molar-refractivity contribution in [2.24, 2.45) is 0 Å². The maximum Gasteiger partial charge on any atom is 0.251 e. The third kappa shape index (κ3) is 3.71. The van der Waals surface area contributed by atoms with Crippen molar-refractivity contribution in [2.75, 3.05) is 24.7 Å². The van der Waals surface area contributed by atoms with Crippen LogP contribution in [-0.2, 0) is 11.3 Å². The summed E-state index contributed by atoms with van der Waals surface area (Å²) in [5, 5.41) is 3.23. The number of fused-ring (bicyclic) bond motifs is 1. The molecule has 6 nitrogen and oxygen atoms in total. The zero-order valence-corrected chi connectivity index (χ0v) is 15.4. The van der Waals surface area contributed by atoms with Gasteiger partial charge in [0, 0.05) is 30.8 Å². The van der Waals surface area contributed by atoms with Gasteiger partial charge in [0.1, 0.15) is 13.2 Å². The monoisotopic (exact) mass is 386 g/mol. The number of benzene rings is 2. The third-order valence-corrected chi connectivity index (χ3v) is 4.91. The summed E-state index contributed by atoms with van der Waals surface area (Å²) < 4.78 is 11.0. The molecule has 0 spiro atoms. The number of nitrogens with one attached hydrogen (secondary N) is 1. The molecule has 2 amide bonds. The lowest BCUT2D eigenvalue weighted by Gasteiger charge is -2.20. The summed E-state index contributed by atoms with van der Waals surface area (Å²) in [5.74, 6) is 0.879. The lowest BCUT2D eigenvalue weighted by molar-refractivity contribution is -0.117. The fraction of sp³-hybridized carbons (Fsp3) is 0.300. The van der Waals surface area contributed by atoms with Crippen molar-refractivity contribution in [1.82, 2.24) is 5.32 Å². The van der Waals surface area contributed by atoms with Gasteiger partial charge in [0.05, 0.1) is 5.02 Å². The fourth-order valence-corrected chi connectivity index (χ4v) is 3.51. The lowest BCUT2D eigenvalue weighted by atomic mass is 10.1. The molecule has 7 heteroatoms. The number of nitrogens with zero attached hydrogens (tertiary/aromatic N) is 1. The van der Waals surface area contributed by atoms with E-state index in [0.717, 1.165) is 24.2 Å². The molecule has 2 aliphatic rings. The molecule has 1 saturated heterocycles. The van der Waals surface area contributed by atoms with E-state index < -0.39 is 0 Å². The van der Waals surface area contributed by atoms with Gasteiger partial charge in [0.2, 0.25) is 5.91 Å². The first-order valence-electron chi connectivity index (χ1n) is 8.88. The molecule has 0 aromatic heterocycles. The van der Waals surface area contributed by atoms with Crippen LogP contribution in [0.25, 0.3) is 0 Å². The topological polar surface area (TPSA) is 67.9 Å². The Morgan fingerprint density at radius 1 is 1.15 bits per heavy atom. The summed E-state index contributed by atoms with van der Waals surface area (Å²) >= 11 is 6.18. The Kier molecular flexibility index (Phi) is 4.90.